The molecule has 0 saturated carbocycles. The molecule has 0 aliphatic carbocycles. The molecule has 21 heavy (non-hydrogen) atoms. The summed E-state index contributed by atoms with van der Waals surface area (Å²) in [5.41, 5.74) is 0. The van der Waals surface area contributed by atoms with Crippen molar-refractivity contribution in [1.82, 2.24) is 14.8 Å². The fourth-order valence-corrected chi connectivity index (χ4v) is 4.07. The Bertz CT molecular complexity index is 477. The molecule has 2 saturated heterocycles. The summed E-state index contributed by atoms with van der Waals surface area (Å²) in [6, 6.07) is 0. The SMILES string of the molecule is CN(C)C(=O)[C@H]1CO[C@H]2CCN(Cc3nccs3)C[C@H]2C1. The van der Waals surface area contributed by atoms with Gasteiger partial charge in [0.15, 0.2) is 0 Å². The van der Waals surface area contributed by atoms with E-state index in [9.17, 15) is 4.79 Å². The molecule has 3 rings (SSSR count). The van der Waals surface area contributed by atoms with Gasteiger partial charge in [-0.15, -0.1) is 11.3 Å². The van der Waals surface area contributed by atoms with Crippen LogP contribution in [0.5, 0.6) is 0 Å². The van der Waals surface area contributed by atoms with Gasteiger partial charge in [-0.3, -0.25) is 9.69 Å². The predicted molar refractivity (Wildman–Crippen MR) is 82.0 cm³/mol. The van der Waals surface area contributed by atoms with Gasteiger partial charge in [0.05, 0.1) is 25.2 Å². The topological polar surface area (TPSA) is 45.7 Å². The van der Waals surface area contributed by atoms with Crippen molar-refractivity contribution in [2.45, 2.75) is 25.5 Å². The van der Waals surface area contributed by atoms with Gasteiger partial charge in [-0.2, -0.15) is 0 Å². The minimum absolute atomic E-state index is 0.0288. The van der Waals surface area contributed by atoms with Crippen LogP contribution in [-0.4, -0.2) is 60.6 Å². The lowest BCUT2D eigenvalue weighted by atomic mass is 9.83. The third kappa shape index (κ3) is 3.44. The van der Waals surface area contributed by atoms with Gasteiger partial charge in [-0.1, -0.05) is 0 Å². The van der Waals surface area contributed by atoms with Crippen molar-refractivity contribution in [2.75, 3.05) is 33.8 Å². The Morgan fingerprint density at radius 1 is 1.57 bits per heavy atom. The van der Waals surface area contributed by atoms with Gasteiger partial charge in [-0.25, -0.2) is 4.98 Å². The third-order valence-electron chi connectivity index (χ3n) is 4.48. The second-order valence-electron chi connectivity index (χ2n) is 6.25. The first-order valence-electron chi connectivity index (χ1n) is 7.57. The summed E-state index contributed by atoms with van der Waals surface area (Å²) >= 11 is 1.71. The van der Waals surface area contributed by atoms with E-state index in [2.05, 4.69) is 9.88 Å². The van der Waals surface area contributed by atoms with Crippen molar-refractivity contribution in [3.63, 3.8) is 0 Å². The first-order valence-corrected chi connectivity index (χ1v) is 8.45. The Hall–Kier alpha value is -0.980. The summed E-state index contributed by atoms with van der Waals surface area (Å²) in [7, 11) is 3.65. The van der Waals surface area contributed by atoms with E-state index in [1.54, 1.807) is 16.2 Å². The number of amides is 1. The summed E-state index contributed by atoms with van der Waals surface area (Å²) < 4.78 is 5.96. The van der Waals surface area contributed by atoms with E-state index in [0.29, 0.717) is 18.6 Å². The van der Waals surface area contributed by atoms with Gasteiger partial charge >= 0.3 is 0 Å². The number of nitrogens with zero attached hydrogens (tertiary/aromatic N) is 3. The number of hydrogen-bond acceptors (Lipinski definition) is 5. The van der Waals surface area contributed by atoms with E-state index < -0.39 is 0 Å². The van der Waals surface area contributed by atoms with E-state index in [1.165, 1.54) is 5.01 Å². The first-order chi connectivity index (χ1) is 10.1. The number of rotatable bonds is 3. The van der Waals surface area contributed by atoms with Gasteiger partial charge in [0.1, 0.15) is 5.01 Å². The molecule has 0 bridgehead atoms. The molecular weight excluding hydrogens is 286 g/mol. The highest BCUT2D eigenvalue weighted by Crippen LogP contribution is 2.32. The minimum atomic E-state index is 0.0288. The van der Waals surface area contributed by atoms with Gasteiger partial charge in [0.2, 0.25) is 5.91 Å². The second-order valence-corrected chi connectivity index (χ2v) is 7.23. The van der Waals surface area contributed by atoms with Gasteiger partial charge in [0, 0.05) is 38.8 Å². The molecule has 1 amide bonds. The van der Waals surface area contributed by atoms with Gasteiger partial charge < -0.3 is 9.64 Å². The molecule has 1 aromatic heterocycles. The summed E-state index contributed by atoms with van der Waals surface area (Å²) in [4.78, 5) is 20.6. The summed E-state index contributed by atoms with van der Waals surface area (Å²) in [5.74, 6) is 0.702. The molecular formula is C15H23N3O2S. The van der Waals surface area contributed by atoms with Crippen molar-refractivity contribution < 1.29 is 9.53 Å². The van der Waals surface area contributed by atoms with Gasteiger partial charge in [0.25, 0.3) is 0 Å². The third-order valence-corrected chi connectivity index (χ3v) is 5.24. The van der Waals surface area contributed by atoms with Crippen LogP contribution in [0.3, 0.4) is 0 Å². The maximum absolute atomic E-state index is 12.1. The fraction of sp³-hybridized carbons (Fsp3) is 0.733. The number of carbonyl (C=O) groups is 1. The molecule has 0 unspecified atom stereocenters. The molecule has 3 heterocycles. The molecule has 6 heteroatoms. The summed E-state index contributed by atoms with van der Waals surface area (Å²) in [5, 5.41) is 3.20. The van der Waals surface area contributed by atoms with E-state index in [4.69, 9.17) is 4.74 Å². The number of hydrogen-bond donors (Lipinski definition) is 0. The number of piperidine rings is 1. The van der Waals surface area contributed by atoms with Gasteiger partial charge in [-0.05, 0) is 18.8 Å². The molecule has 1 aromatic rings. The zero-order valence-corrected chi connectivity index (χ0v) is 13.5. The molecule has 2 aliphatic heterocycles. The molecule has 5 nitrogen and oxygen atoms in total. The lowest BCUT2D eigenvalue weighted by molar-refractivity contribution is -0.146. The molecule has 2 aliphatic rings. The highest BCUT2D eigenvalue weighted by atomic mass is 32.1. The second kappa shape index (κ2) is 6.42. The van der Waals surface area contributed by atoms with Crippen molar-refractivity contribution in [3.05, 3.63) is 16.6 Å². The normalized spacial score (nSPS) is 29.9. The number of aromatic nitrogens is 1. The van der Waals surface area contributed by atoms with Crippen LogP contribution in [0.1, 0.15) is 17.8 Å². The average molecular weight is 309 g/mol. The lowest BCUT2D eigenvalue weighted by Crippen LogP contribution is -2.50. The van der Waals surface area contributed by atoms with Crippen LogP contribution in [0.15, 0.2) is 11.6 Å². The van der Waals surface area contributed by atoms with E-state index in [0.717, 1.165) is 32.5 Å². The Balaban J connectivity index is 1.58. The predicted octanol–water partition coefficient (Wildman–Crippen LogP) is 1.46. The molecule has 2 fully saturated rings. The summed E-state index contributed by atoms with van der Waals surface area (Å²) in [6.45, 7) is 3.59. The number of fused-ring (bicyclic) bond motifs is 1. The van der Waals surface area contributed by atoms with Crippen LogP contribution in [0.4, 0.5) is 0 Å². The van der Waals surface area contributed by atoms with Crippen molar-refractivity contribution in [2.24, 2.45) is 11.8 Å². The zero-order valence-electron chi connectivity index (χ0n) is 12.7. The monoisotopic (exact) mass is 309 g/mol. The van der Waals surface area contributed by atoms with Crippen LogP contribution in [-0.2, 0) is 16.1 Å². The zero-order chi connectivity index (χ0) is 14.8. The van der Waals surface area contributed by atoms with E-state index in [-0.39, 0.29) is 11.8 Å². The first kappa shape index (κ1) is 14.9. The van der Waals surface area contributed by atoms with Crippen molar-refractivity contribution in [3.8, 4) is 0 Å². The quantitative estimate of drug-likeness (QED) is 0.848. The lowest BCUT2D eigenvalue weighted by Gasteiger charge is -2.43. The Labute approximate surface area is 129 Å². The van der Waals surface area contributed by atoms with Crippen LogP contribution in [0.2, 0.25) is 0 Å². The number of thiazole rings is 1. The molecule has 116 valence electrons. The Morgan fingerprint density at radius 3 is 3.14 bits per heavy atom. The average Bonchev–Trinajstić information content (AvgIpc) is 2.98. The molecule has 0 radical (unpaired) electrons. The number of ether oxygens (including phenoxy) is 1. The molecule has 0 aromatic carbocycles. The Kier molecular flexibility index (Phi) is 4.57. The standard InChI is InChI=1S/C15H23N3O2S/c1-17(2)15(19)12-7-11-8-18(5-3-13(11)20-10-12)9-14-16-4-6-21-14/h4,6,11-13H,3,5,7-10H2,1-2H3/t11-,12-,13+/m1/s1. The minimum Gasteiger partial charge on any atom is -0.377 e. The van der Waals surface area contributed by atoms with Crippen LogP contribution in [0.25, 0.3) is 0 Å². The molecule has 3 atom stereocenters. The fourth-order valence-electron chi connectivity index (χ4n) is 3.41. The highest BCUT2D eigenvalue weighted by Gasteiger charge is 2.38. The smallest absolute Gasteiger partial charge is 0.227 e. The maximum Gasteiger partial charge on any atom is 0.227 e. The van der Waals surface area contributed by atoms with Crippen LogP contribution >= 0.6 is 11.3 Å². The van der Waals surface area contributed by atoms with Crippen LogP contribution in [0, 0.1) is 11.8 Å². The van der Waals surface area contributed by atoms with Crippen molar-refractivity contribution in [1.29, 1.82) is 0 Å². The summed E-state index contributed by atoms with van der Waals surface area (Å²) in [6.07, 6.45) is 4.22. The number of carbonyl (C=O) groups excluding carboxylic acids is 1. The largest absolute Gasteiger partial charge is 0.377 e. The number of likely N-dealkylation sites (tertiary alicyclic amines) is 1. The van der Waals surface area contributed by atoms with Crippen molar-refractivity contribution >= 4 is 17.2 Å². The molecule has 0 spiro atoms. The van der Waals surface area contributed by atoms with Crippen LogP contribution < -0.4 is 0 Å². The Morgan fingerprint density at radius 2 is 2.43 bits per heavy atom. The maximum atomic E-state index is 12.1. The van der Waals surface area contributed by atoms with E-state index >= 15 is 0 Å². The van der Waals surface area contributed by atoms with E-state index in [1.807, 2.05) is 25.7 Å². The molecule has 0 N–H and O–H groups in total. The highest BCUT2D eigenvalue weighted by molar-refractivity contribution is 7.09.